The van der Waals surface area contributed by atoms with Crippen LogP contribution in [0.1, 0.15) is 30.1 Å². The van der Waals surface area contributed by atoms with Crippen molar-refractivity contribution in [2.24, 2.45) is 5.92 Å². The predicted octanol–water partition coefficient (Wildman–Crippen LogP) is 4.93. The van der Waals surface area contributed by atoms with E-state index in [1.807, 2.05) is 0 Å². The van der Waals surface area contributed by atoms with E-state index in [4.69, 9.17) is 37.4 Å². The monoisotopic (exact) mass is 672 g/mol. The zero-order valence-electron chi connectivity index (χ0n) is 23.1. The Labute approximate surface area is 262 Å². The molecule has 5 rings (SSSR count). The lowest BCUT2D eigenvalue weighted by Crippen LogP contribution is -2.49. The maximum absolute atomic E-state index is 13.5. The van der Waals surface area contributed by atoms with Crippen LogP contribution in [0.2, 0.25) is 10.0 Å². The van der Waals surface area contributed by atoms with Crippen LogP contribution in [0.15, 0.2) is 65.8 Å². The molecule has 2 aliphatic rings. The number of carbonyl (C=O) groups is 1. The molecule has 0 amide bonds. The SMILES string of the molecule is O=C(O[C@@H](Cc1c(Cl)c[n+]([O-])cc1Cl)c1ccc(OC(F)F)c(OCC2CC2)c1)[C@H]1CN(S(=O)(=O)c2ccccc2)CCO1. The fraction of sp³-hybridized carbons (Fsp3) is 0.379. The highest BCUT2D eigenvalue weighted by Gasteiger charge is 2.36. The van der Waals surface area contributed by atoms with Crippen LogP contribution < -0.4 is 14.2 Å². The fourth-order valence-electron chi connectivity index (χ4n) is 4.61. The number of halogens is 4. The minimum absolute atomic E-state index is 0.00505. The van der Waals surface area contributed by atoms with Crippen molar-refractivity contribution in [3.63, 3.8) is 0 Å². The molecule has 2 fully saturated rings. The molecule has 1 aliphatic carbocycles. The zero-order chi connectivity index (χ0) is 31.4. The standard InChI is InChI=1S/C29H28Cl2F2N2O8S/c30-22-14-34(37)15-23(31)21(22)13-25(19-8-9-24(43-29(32)33)26(12-19)41-17-18-6-7-18)42-28(36)27-16-35(10-11-40-27)44(38,39)20-4-2-1-3-5-20/h1-5,8-9,12,14-15,18,25,27,29H,6-7,10-11,13,16-17H2/t25-,27+/m0/s1. The van der Waals surface area contributed by atoms with Crippen molar-refractivity contribution in [1.82, 2.24) is 4.31 Å². The average Bonchev–Trinajstić information content (AvgIpc) is 3.83. The summed E-state index contributed by atoms with van der Waals surface area (Å²) in [5.41, 5.74) is 0.603. The second kappa shape index (κ2) is 13.8. The van der Waals surface area contributed by atoms with Crippen molar-refractivity contribution in [3.8, 4) is 11.5 Å². The van der Waals surface area contributed by atoms with Crippen LogP contribution in [0.25, 0.3) is 0 Å². The summed E-state index contributed by atoms with van der Waals surface area (Å²) in [5.74, 6) is -0.758. The number of benzene rings is 2. The highest BCUT2D eigenvalue weighted by atomic mass is 35.5. The van der Waals surface area contributed by atoms with E-state index >= 15 is 0 Å². The number of sulfonamides is 1. The van der Waals surface area contributed by atoms with Crippen LogP contribution in [0.4, 0.5) is 8.78 Å². The molecular weight excluding hydrogens is 645 g/mol. The quantitative estimate of drug-likeness (QED) is 0.151. The van der Waals surface area contributed by atoms with Gasteiger partial charge in [0.15, 0.2) is 30.0 Å². The number of esters is 1. The lowest BCUT2D eigenvalue weighted by molar-refractivity contribution is -0.605. The molecule has 1 saturated carbocycles. The lowest BCUT2D eigenvalue weighted by atomic mass is 10.0. The van der Waals surface area contributed by atoms with Crippen molar-refractivity contribution in [1.29, 1.82) is 0 Å². The first-order valence-corrected chi connectivity index (χ1v) is 15.9. The Morgan fingerprint density at radius 1 is 1.09 bits per heavy atom. The Balaban J connectivity index is 1.42. The number of hydrogen-bond donors (Lipinski definition) is 0. The molecule has 0 spiro atoms. The summed E-state index contributed by atoms with van der Waals surface area (Å²) in [5, 5.41) is 11.8. The molecule has 3 aromatic rings. The van der Waals surface area contributed by atoms with Gasteiger partial charge in [-0.1, -0.05) is 47.5 Å². The van der Waals surface area contributed by atoms with Gasteiger partial charge in [-0.3, -0.25) is 0 Å². The van der Waals surface area contributed by atoms with E-state index in [2.05, 4.69) is 4.74 Å². The van der Waals surface area contributed by atoms with Crippen LogP contribution in [0, 0.1) is 11.1 Å². The average molecular weight is 674 g/mol. The molecule has 10 nitrogen and oxygen atoms in total. The lowest BCUT2D eigenvalue weighted by Gasteiger charge is -2.32. The second-order valence-corrected chi connectivity index (χ2v) is 13.0. The van der Waals surface area contributed by atoms with E-state index in [9.17, 15) is 27.2 Å². The maximum Gasteiger partial charge on any atom is 0.387 e. The number of ether oxygens (including phenoxy) is 4. The van der Waals surface area contributed by atoms with Gasteiger partial charge in [0.1, 0.15) is 16.1 Å². The van der Waals surface area contributed by atoms with Crippen molar-refractivity contribution in [2.75, 3.05) is 26.3 Å². The Bertz CT molecular complexity index is 1570. The molecule has 2 heterocycles. The molecule has 0 bridgehead atoms. The smallest absolute Gasteiger partial charge is 0.387 e. The van der Waals surface area contributed by atoms with Crippen LogP contribution in [0.5, 0.6) is 11.5 Å². The van der Waals surface area contributed by atoms with Crippen molar-refractivity contribution in [2.45, 2.75) is 43.0 Å². The van der Waals surface area contributed by atoms with Gasteiger partial charge in [0, 0.05) is 18.5 Å². The molecule has 1 aliphatic heterocycles. The van der Waals surface area contributed by atoms with E-state index in [0.29, 0.717) is 16.2 Å². The highest BCUT2D eigenvalue weighted by Crippen LogP contribution is 2.38. The third-order valence-electron chi connectivity index (χ3n) is 7.11. The van der Waals surface area contributed by atoms with Crippen LogP contribution in [-0.2, 0) is 30.7 Å². The molecular formula is C29H28Cl2F2N2O8S. The molecule has 0 unspecified atom stereocenters. The van der Waals surface area contributed by atoms with E-state index in [-0.39, 0.29) is 64.7 Å². The van der Waals surface area contributed by atoms with Gasteiger partial charge in [-0.05, 0) is 48.6 Å². The van der Waals surface area contributed by atoms with Gasteiger partial charge in [0.05, 0.1) is 24.7 Å². The topological polar surface area (TPSA) is 118 Å². The van der Waals surface area contributed by atoms with Gasteiger partial charge in [-0.2, -0.15) is 17.8 Å². The highest BCUT2D eigenvalue weighted by molar-refractivity contribution is 7.89. The Hall–Kier alpha value is -3.23. The van der Waals surface area contributed by atoms with Gasteiger partial charge in [0.25, 0.3) is 0 Å². The number of aromatic nitrogens is 1. The van der Waals surface area contributed by atoms with E-state index in [0.717, 1.165) is 29.5 Å². The molecule has 15 heteroatoms. The van der Waals surface area contributed by atoms with Crippen molar-refractivity contribution in [3.05, 3.63) is 87.3 Å². The minimum atomic E-state index is -3.91. The Morgan fingerprint density at radius 3 is 2.45 bits per heavy atom. The molecule has 44 heavy (non-hydrogen) atoms. The summed E-state index contributed by atoms with van der Waals surface area (Å²) >= 11 is 12.6. The third-order valence-corrected chi connectivity index (χ3v) is 9.64. The zero-order valence-corrected chi connectivity index (χ0v) is 25.4. The first-order valence-electron chi connectivity index (χ1n) is 13.7. The van der Waals surface area contributed by atoms with Gasteiger partial charge in [0.2, 0.25) is 10.0 Å². The largest absolute Gasteiger partial charge is 0.619 e. The maximum atomic E-state index is 13.5. The van der Waals surface area contributed by atoms with Crippen molar-refractivity contribution >= 4 is 39.2 Å². The fourth-order valence-corrected chi connectivity index (χ4v) is 6.65. The predicted molar refractivity (Wildman–Crippen MR) is 154 cm³/mol. The summed E-state index contributed by atoms with van der Waals surface area (Å²) in [4.78, 5) is 13.6. The number of hydrogen-bond acceptors (Lipinski definition) is 8. The third kappa shape index (κ3) is 7.88. The number of nitrogens with zero attached hydrogens (tertiary/aromatic N) is 2. The van der Waals surface area contributed by atoms with Gasteiger partial charge in [-0.15, -0.1) is 0 Å². The van der Waals surface area contributed by atoms with Gasteiger partial charge in [-0.25, -0.2) is 13.2 Å². The molecule has 2 atom stereocenters. The number of carbonyl (C=O) groups excluding carboxylic acids is 1. The molecule has 2 aromatic carbocycles. The summed E-state index contributed by atoms with van der Waals surface area (Å²) in [7, 11) is -3.91. The van der Waals surface area contributed by atoms with E-state index < -0.39 is 34.8 Å². The number of rotatable bonds is 12. The number of alkyl halides is 2. The minimum Gasteiger partial charge on any atom is -0.619 e. The normalized spacial score (nSPS) is 18.2. The second-order valence-electron chi connectivity index (χ2n) is 10.3. The van der Waals surface area contributed by atoms with Gasteiger partial charge < -0.3 is 24.2 Å². The first-order chi connectivity index (χ1) is 21.0. The molecule has 0 N–H and O–H groups in total. The Morgan fingerprint density at radius 2 is 1.80 bits per heavy atom. The van der Waals surface area contributed by atoms with Gasteiger partial charge >= 0.3 is 12.6 Å². The molecule has 1 aromatic heterocycles. The summed E-state index contributed by atoms with van der Waals surface area (Å²) < 4.78 is 76.1. The first kappa shape index (κ1) is 32.2. The Kier molecular flexibility index (Phi) is 10.1. The van der Waals surface area contributed by atoms with Crippen LogP contribution in [0.3, 0.4) is 0 Å². The molecule has 236 valence electrons. The number of morpholine rings is 1. The molecule has 0 radical (unpaired) electrons. The van der Waals surface area contributed by atoms with E-state index in [1.165, 1.54) is 30.3 Å². The van der Waals surface area contributed by atoms with Crippen LogP contribution in [-0.4, -0.2) is 57.7 Å². The molecule has 1 saturated heterocycles. The summed E-state index contributed by atoms with van der Waals surface area (Å²) in [6.07, 6.45) is 1.54. The van der Waals surface area contributed by atoms with Crippen molar-refractivity contribution < 1.29 is 45.7 Å². The van der Waals surface area contributed by atoms with E-state index in [1.54, 1.807) is 18.2 Å². The van der Waals surface area contributed by atoms with Crippen LogP contribution >= 0.6 is 23.2 Å². The summed E-state index contributed by atoms with van der Waals surface area (Å²) in [6, 6.07) is 11.9. The summed E-state index contributed by atoms with van der Waals surface area (Å²) in [6.45, 7) is -3.15. The number of pyridine rings is 1.